The Balaban J connectivity index is 1.77. The first-order valence-electron chi connectivity index (χ1n) is 10.7. The van der Waals surface area contributed by atoms with Crippen molar-refractivity contribution < 1.29 is 4.79 Å². The minimum Gasteiger partial charge on any atom is -0.348 e. The van der Waals surface area contributed by atoms with E-state index >= 15 is 0 Å². The van der Waals surface area contributed by atoms with Crippen LogP contribution in [0, 0.1) is 6.92 Å². The summed E-state index contributed by atoms with van der Waals surface area (Å²) in [6, 6.07) is 9.49. The minimum atomic E-state index is -0.521. The third-order valence-corrected chi connectivity index (χ3v) is 6.84. The molecule has 1 aliphatic rings. The Kier molecular flexibility index (Phi) is 6.08. The summed E-state index contributed by atoms with van der Waals surface area (Å²) < 4.78 is 1.64. The second kappa shape index (κ2) is 8.80. The van der Waals surface area contributed by atoms with Crippen molar-refractivity contribution in [2.75, 3.05) is 5.32 Å². The van der Waals surface area contributed by atoms with Crippen LogP contribution in [0.25, 0.3) is 22.0 Å². The maximum Gasteiger partial charge on any atom is 0.258 e. The number of anilines is 1. The Labute approximate surface area is 192 Å². The summed E-state index contributed by atoms with van der Waals surface area (Å²) in [5, 5.41) is 7.10. The van der Waals surface area contributed by atoms with Gasteiger partial charge in [-0.05, 0) is 55.2 Å². The molecule has 4 N–H and O–H groups in total. The Morgan fingerprint density at radius 1 is 1.25 bits per heavy atom. The van der Waals surface area contributed by atoms with Crippen LogP contribution >= 0.6 is 12.2 Å². The van der Waals surface area contributed by atoms with Crippen LogP contribution in [0.1, 0.15) is 36.9 Å². The molecular formula is C24H27N5O2S. The first-order valence-corrected chi connectivity index (χ1v) is 11.1. The van der Waals surface area contributed by atoms with Gasteiger partial charge in [-0.15, -0.1) is 0 Å². The van der Waals surface area contributed by atoms with E-state index in [1.165, 1.54) is 0 Å². The zero-order chi connectivity index (χ0) is 22.9. The molecule has 1 aromatic carbocycles. The summed E-state index contributed by atoms with van der Waals surface area (Å²) in [6.45, 7) is 2.20. The third-order valence-electron chi connectivity index (χ3n) is 6.35. The predicted octanol–water partition coefficient (Wildman–Crippen LogP) is 3.17. The van der Waals surface area contributed by atoms with Crippen molar-refractivity contribution >= 4 is 40.2 Å². The second-order valence-corrected chi connectivity index (χ2v) is 8.80. The molecule has 0 radical (unpaired) electrons. The van der Waals surface area contributed by atoms with Gasteiger partial charge in [-0.25, -0.2) is 0 Å². The lowest BCUT2D eigenvalue weighted by Crippen LogP contribution is -2.51. The average Bonchev–Trinajstić information content (AvgIpc) is 3.27. The maximum atomic E-state index is 13.2. The third kappa shape index (κ3) is 3.91. The van der Waals surface area contributed by atoms with Gasteiger partial charge in [-0.3, -0.25) is 14.6 Å². The summed E-state index contributed by atoms with van der Waals surface area (Å²) in [6.07, 6.45) is 6.14. The number of hydrogen-bond donors (Lipinski definition) is 3. The van der Waals surface area contributed by atoms with Crippen molar-refractivity contribution in [1.82, 2.24) is 14.9 Å². The smallest absolute Gasteiger partial charge is 0.258 e. The molecule has 3 aromatic rings. The molecule has 1 amide bonds. The topological polar surface area (TPSA) is 102 Å². The van der Waals surface area contributed by atoms with Gasteiger partial charge in [-0.2, -0.15) is 0 Å². The lowest BCUT2D eigenvalue weighted by molar-refractivity contribution is -0.110. The maximum absolute atomic E-state index is 13.2. The fourth-order valence-electron chi connectivity index (χ4n) is 4.52. The highest BCUT2D eigenvalue weighted by Crippen LogP contribution is 2.33. The quantitative estimate of drug-likeness (QED) is 0.395. The molecule has 166 valence electrons. The SMILES string of the molecule is Cc1cc2c(cn1)cc(-c1cc(NC(=S)C3(NC=O)CCCC3)ccc1CN)c(=O)n2C. The molecule has 1 aliphatic carbocycles. The number of fused-ring (bicyclic) bond motifs is 1. The van der Waals surface area contributed by atoms with Crippen LogP contribution in [0.15, 0.2) is 41.3 Å². The largest absolute Gasteiger partial charge is 0.348 e. The lowest BCUT2D eigenvalue weighted by Gasteiger charge is -2.30. The van der Waals surface area contributed by atoms with E-state index in [2.05, 4.69) is 15.6 Å². The first-order chi connectivity index (χ1) is 15.4. The highest BCUT2D eigenvalue weighted by molar-refractivity contribution is 7.80. The molecule has 0 bridgehead atoms. The number of nitrogens with two attached hydrogens (primary N) is 1. The zero-order valence-corrected chi connectivity index (χ0v) is 19.1. The van der Waals surface area contributed by atoms with Gasteiger partial charge in [0.25, 0.3) is 5.56 Å². The van der Waals surface area contributed by atoms with E-state index in [9.17, 15) is 9.59 Å². The summed E-state index contributed by atoms with van der Waals surface area (Å²) in [4.78, 5) is 29.4. The molecule has 0 aliphatic heterocycles. The number of rotatable bonds is 6. The van der Waals surface area contributed by atoms with E-state index in [0.717, 1.165) is 65.5 Å². The van der Waals surface area contributed by atoms with Crippen LogP contribution in [0.4, 0.5) is 5.69 Å². The van der Waals surface area contributed by atoms with Gasteiger partial charge in [-0.1, -0.05) is 31.1 Å². The summed E-state index contributed by atoms with van der Waals surface area (Å²) >= 11 is 5.69. The number of aromatic nitrogens is 2. The van der Waals surface area contributed by atoms with Gasteiger partial charge in [0.1, 0.15) is 4.99 Å². The Morgan fingerprint density at radius 2 is 2.00 bits per heavy atom. The fourth-order valence-corrected chi connectivity index (χ4v) is 4.90. The standard InChI is InChI=1S/C24H27N5O2S/c1-15-9-21-17(13-26-15)10-20(22(31)29(21)2)19-11-18(6-5-16(19)12-25)28-23(32)24(27-14-30)7-3-4-8-24/h5-6,9-11,13-14H,3-4,7-8,12,25H2,1-2H3,(H,27,30)(H,28,32). The highest BCUT2D eigenvalue weighted by atomic mass is 32.1. The number of pyridine rings is 2. The van der Waals surface area contributed by atoms with Crippen LogP contribution in [0.2, 0.25) is 0 Å². The molecule has 1 fully saturated rings. The van der Waals surface area contributed by atoms with Gasteiger partial charge in [0.15, 0.2) is 0 Å². The second-order valence-electron chi connectivity index (χ2n) is 8.39. The van der Waals surface area contributed by atoms with Gasteiger partial charge >= 0.3 is 0 Å². The number of carbonyl (C=O) groups excluding carboxylic acids is 1. The van der Waals surface area contributed by atoms with E-state index in [-0.39, 0.29) is 5.56 Å². The molecule has 32 heavy (non-hydrogen) atoms. The molecule has 0 unspecified atom stereocenters. The average molecular weight is 450 g/mol. The van der Waals surface area contributed by atoms with Gasteiger partial charge in [0, 0.05) is 42.1 Å². The number of thiocarbonyl (C=S) groups is 1. The van der Waals surface area contributed by atoms with Crippen molar-refractivity contribution in [3.63, 3.8) is 0 Å². The number of carbonyl (C=O) groups is 1. The number of benzene rings is 1. The van der Waals surface area contributed by atoms with Crippen LogP contribution in [0.5, 0.6) is 0 Å². The van der Waals surface area contributed by atoms with Crippen LogP contribution in [-0.4, -0.2) is 26.5 Å². The molecule has 0 atom stereocenters. The molecule has 4 rings (SSSR count). The molecule has 2 heterocycles. The molecule has 0 spiro atoms. The lowest BCUT2D eigenvalue weighted by atomic mass is 9.96. The molecule has 7 nitrogen and oxygen atoms in total. The minimum absolute atomic E-state index is 0.104. The first kappa shape index (κ1) is 22.1. The Hall–Kier alpha value is -3.10. The van der Waals surface area contributed by atoms with Crippen molar-refractivity contribution in [2.45, 2.75) is 44.7 Å². The molecular weight excluding hydrogens is 422 g/mol. The van der Waals surface area contributed by atoms with Crippen LogP contribution in [0.3, 0.4) is 0 Å². The molecule has 1 saturated carbocycles. The van der Waals surface area contributed by atoms with Crippen LogP contribution in [-0.2, 0) is 18.4 Å². The van der Waals surface area contributed by atoms with Crippen LogP contribution < -0.4 is 21.9 Å². The fraction of sp³-hybridized carbons (Fsp3) is 0.333. The van der Waals surface area contributed by atoms with E-state index in [1.54, 1.807) is 17.8 Å². The number of nitrogens with one attached hydrogen (secondary N) is 2. The van der Waals surface area contributed by atoms with E-state index in [4.69, 9.17) is 18.0 Å². The van der Waals surface area contributed by atoms with Crippen molar-refractivity contribution in [1.29, 1.82) is 0 Å². The Morgan fingerprint density at radius 3 is 2.69 bits per heavy atom. The summed E-state index contributed by atoms with van der Waals surface area (Å²) in [5.74, 6) is 0. The normalized spacial score (nSPS) is 15.0. The number of hydrogen-bond acceptors (Lipinski definition) is 5. The zero-order valence-electron chi connectivity index (χ0n) is 18.3. The van der Waals surface area contributed by atoms with Crippen molar-refractivity contribution in [2.24, 2.45) is 12.8 Å². The van der Waals surface area contributed by atoms with E-state index < -0.39 is 5.54 Å². The number of nitrogens with zero attached hydrogens (tertiary/aromatic N) is 2. The highest BCUT2D eigenvalue weighted by Gasteiger charge is 2.37. The van der Waals surface area contributed by atoms with Gasteiger partial charge in [0.05, 0.1) is 11.1 Å². The molecule has 8 heteroatoms. The van der Waals surface area contributed by atoms with Crippen molar-refractivity contribution in [3.05, 3.63) is 58.1 Å². The number of amides is 1. The van der Waals surface area contributed by atoms with Gasteiger partial charge < -0.3 is 20.9 Å². The van der Waals surface area contributed by atoms with Crippen molar-refractivity contribution in [3.8, 4) is 11.1 Å². The number of aryl methyl sites for hydroxylation is 2. The van der Waals surface area contributed by atoms with E-state index in [0.29, 0.717) is 17.1 Å². The molecule has 2 aromatic heterocycles. The Bertz CT molecular complexity index is 1260. The summed E-state index contributed by atoms with van der Waals surface area (Å²) in [7, 11) is 1.77. The van der Waals surface area contributed by atoms with E-state index in [1.807, 2.05) is 37.3 Å². The molecule has 0 saturated heterocycles. The van der Waals surface area contributed by atoms with Gasteiger partial charge in [0.2, 0.25) is 6.41 Å². The monoisotopic (exact) mass is 449 g/mol. The summed E-state index contributed by atoms with van der Waals surface area (Å²) in [5.41, 5.74) is 9.99. The predicted molar refractivity (Wildman–Crippen MR) is 132 cm³/mol.